The zero-order valence-electron chi connectivity index (χ0n) is 8.78. The van der Waals surface area contributed by atoms with Gasteiger partial charge in [0.1, 0.15) is 0 Å². The molecule has 0 aromatic rings. The molecule has 0 aliphatic heterocycles. The van der Waals surface area contributed by atoms with Crippen molar-refractivity contribution in [3.05, 3.63) is 0 Å². The maximum absolute atomic E-state index is 9.71. The normalized spacial score (nSPS) is 34.7. The summed E-state index contributed by atoms with van der Waals surface area (Å²) in [6.45, 7) is 1.56. The van der Waals surface area contributed by atoms with E-state index in [4.69, 9.17) is 5.73 Å². The number of hydrogen-bond donors (Lipinski definition) is 3. The summed E-state index contributed by atoms with van der Waals surface area (Å²) < 4.78 is 0. The molecular formula is C11H22N2O. The predicted molar refractivity (Wildman–Crippen MR) is 56.9 cm³/mol. The lowest BCUT2D eigenvalue weighted by molar-refractivity contribution is 0.142. The zero-order valence-corrected chi connectivity index (χ0v) is 8.78. The van der Waals surface area contributed by atoms with Gasteiger partial charge in [0, 0.05) is 12.6 Å². The summed E-state index contributed by atoms with van der Waals surface area (Å²) in [6, 6.07) is 0.563. The third-order valence-corrected chi connectivity index (χ3v) is 3.72. The van der Waals surface area contributed by atoms with E-state index in [1.165, 1.54) is 32.1 Å². The second kappa shape index (κ2) is 4.60. The largest absolute Gasteiger partial charge is 0.392 e. The Labute approximate surface area is 86.1 Å². The van der Waals surface area contributed by atoms with Gasteiger partial charge in [-0.2, -0.15) is 0 Å². The number of nitrogens with two attached hydrogens (primary N) is 1. The highest BCUT2D eigenvalue weighted by Crippen LogP contribution is 2.32. The fourth-order valence-corrected chi connectivity index (χ4v) is 2.51. The van der Waals surface area contributed by atoms with E-state index < -0.39 is 0 Å². The molecule has 0 bridgehead atoms. The van der Waals surface area contributed by atoms with Gasteiger partial charge in [-0.15, -0.1) is 0 Å². The molecule has 4 N–H and O–H groups in total. The summed E-state index contributed by atoms with van der Waals surface area (Å²) in [6.07, 6.45) is 6.10. The lowest BCUT2D eigenvalue weighted by Crippen LogP contribution is -2.40. The number of aliphatic hydroxyl groups excluding tert-OH is 1. The van der Waals surface area contributed by atoms with Crippen LogP contribution in [0.4, 0.5) is 0 Å². The van der Waals surface area contributed by atoms with Crippen LogP contribution in [0.1, 0.15) is 32.1 Å². The van der Waals surface area contributed by atoms with Crippen LogP contribution in [0.15, 0.2) is 0 Å². The predicted octanol–water partition coefficient (Wildman–Crippen LogP) is 0.474. The van der Waals surface area contributed by atoms with Gasteiger partial charge in [-0.25, -0.2) is 0 Å². The molecule has 2 fully saturated rings. The first-order chi connectivity index (χ1) is 6.81. The van der Waals surface area contributed by atoms with Gasteiger partial charge in [-0.1, -0.05) is 6.42 Å². The van der Waals surface area contributed by atoms with Crippen LogP contribution in [0, 0.1) is 11.8 Å². The van der Waals surface area contributed by atoms with Crippen molar-refractivity contribution in [1.29, 1.82) is 0 Å². The summed E-state index contributed by atoms with van der Waals surface area (Å²) in [5, 5.41) is 13.2. The molecule has 3 unspecified atom stereocenters. The van der Waals surface area contributed by atoms with Crippen LogP contribution in [0.2, 0.25) is 0 Å². The van der Waals surface area contributed by atoms with Crippen LogP contribution < -0.4 is 11.1 Å². The minimum absolute atomic E-state index is 0.117. The van der Waals surface area contributed by atoms with Crippen LogP contribution in [-0.2, 0) is 0 Å². The summed E-state index contributed by atoms with van der Waals surface area (Å²) in [5.74, 6) is 1.22. The molecule has 0 amide bonds. The molecule has 3 heteroatoms. The molecule has 0 aromatic carbocycles. The van der Waals surface area contributed by atoms with E-state index >= 15 is 0 Å². The van der Waals surface area contributed by atoms with Crippen molar-refractivity contribution in [2.45, 2.75) is 44.2 Å². The quantitative estimate of drug-likeness (QED) is 0.602. The molecule has 2 aliphatic rings. The summed E-state index contributed by atoms with van der Waals surface area (Å²) in [5.41, 5.74) is 5.70. The first-order valence-electron chi connectivity index (χ1n) is 5.92. The maximum Gasteiger partial charge on any atom is 0.0692 e. The maximum atomic E-state index is 9.71. The lowest BCUT2D eigenvalue weighted by atomic mass is 10.0. The second-order valence-corrected chi connectivity index (χ2v) is 4.85. The zero-order chi connectivity index (χ0) is 9.97. The molecular weight excluding hydrogens is 176 g/mol. The lowest BCUT2D eigenvalue weighted by Gasteiger charge is -2.21. The van der Waals surface area contributed by atoms with Gasteiger partial charge in [-0.3, -0.25) is 0 Å². The van der Waals surface area contributed by atoms with Crippen LogP contribution in [0.25, 0.3) is 0 Å². The number of hydrogen-bond acceptors (Lipinski definition) is 3. The van der Waals surface area contributed by atoms with E-state index in [1.807, 2.05) is 0 Å². The average molecular weight is 198 g/mol. The highest BCUT2D eigenvalue weighted by Gasteiger charge is 2.31. The van der Waals surface area contributed by atoms with Crippen molar-refractivity contribution in [1.82, 2.24) is 5.32 Å². The summed E-state index contributed by atoms with van der Waals surface area (Å²) >= 11 is 0. The van der Waals surface area contributed by atoms with Gasteiger partial charge in [0.2, 0.25) is 0 Å². The Hall–Kier alpha value is -0.120. The Kier molecular flexibility index (Phi) is 3.42. The Morgan fingerprint density at radius 2 is 2.07 bits per heavy atom. The molecule has 3 nitrogen and oxygen atoms in total. The van der Waals surface area contributed by atoms with Gasteiger partial charge in [0.15, 0.2) is 0 Å². The molecule has 0 radical (unpaired) electrons. The fourth-order valence-electron chi connectivity index (χ4n) is 2.51. The van der Waals surface area contributed by atoms with Crippen molar-refractivity contribution in [2.75, 3.05) is 13.1 Å². The van der Waals surface area contributed by atoms with Gasteiger partial charge in [0.25, 0.3) is 0 Å². The number of rotatable bonds is 5. The molecule has 0 heterocycles. The highest BCUT2D eigenvalue weighted by molar-refractivity contribution is 4.87. The SMILES string of the molecule is NCC1CCCC1NCC(O)C1CC1. The first kappa shape index (κ1) is 10.4. The van der Waals surface area contributed by atoms with Crippen molar-refractivity contribution >= 4 is 0 Å². The van der Waals surface area contributed by atoms with Crippen molar-refractivity contribution in [2.24, 2.45) is 17.6 Å². The molecule has 0 aromatic heterocycles. The van der Waals surface area contributed by atoms with Crippen LogP contribution >= 0.6 is 0 Å². The van der Waals surface area contributed by atoms with Crippen molar-refractivity contribution in [3.63, 3.8) is 0 Å². The van der Waals surface area contributed by atoms with E-state index in [9.17, 15) is 5.11 Å². The van der Waals surface area contributed by atoms with E-state index in [-0.39, 0.29) is 6.10 Å². The average Bonchev–Trinajstić information content (AvgIpc) is 2.94. The van der Waals surface area contributed by atoms with Crippen molar-refractivity contribution in [3.8, 4) is 0 Å². The van der Waals surface area contributed by atoms with Crippen LogP contribution in [0.3, 0.4) is 0 Å². The third kappa shape index (κ3) is 2.47. The van der Waals surface area contributed by atoms with Gasteiger partial charge >= 0.3 is 0 Å². The van der Waals surface area contributed by atoms with Crippen LogP contribution in [-0.4, -0.2) is 30.3 Å². The Bertz CT molecular complexity index is 182. The summed E-state index contributed by atoms with van der Waals surface area (Å²) in [7, 11) is 0. The van der Waals surface area contributed by atoms with E-state index in [1.54, 1.807) is 0 Å². The van der Waals surface area contributed by atoms with Crippen molar-refractivity contribution < 1.29 is 5.11 Å². The number of aliphatic hydroxyl groups is 1. The second-order valence-electron chi connectivity index (χ2n) is 4.85. The Balaban J connectivity index is 1.68. The molecule has 0 saturated heterocycles. The molecule has 0 spiro atoms. The monoisotopic (exact) mass is 198 g/mol. The molecule has 14 heavy (non-hydrogen) atoms. The number of nitrogens with one attached hydrogen (secondary N) is 1. The van der Waals surface area contributed by atoms with Gasteiger partial charge in [-0.05, 0) is 44.1 Å². The van der Waals surface area contributed by atoms with E-state index in [0.29, 0.717) is 17.9 Å². The van der Waals surface area contributed by atoms with Crippen LogP contribution in [0.5, 0.6) is 0 Å². The first-order valence-corrected chi connectivity index (χ1v) is 5.92. The molecule has 2 rings (SSSR count). The third-order valence-electron chi connectivity index (χ3n) is 3.72. The Morgan fingerprint density at radius 1 is 1.29 bits per heavy atom. The summed E-state index contributed by atoms with van der Waals surface area (Å²) in [4.78, 5) is 0. The molecule has 2 aliphatic carbocycles. The topological polar surface area (TPSA) is 58.3 Å². The van der Waals surface area contributed by atoms with Gasteiger partial charge < -0.3 is 16.2 Å². The Morgan fingerprint density at radius 3 is 2.71 bits per heavy atom. The molecule has 2 saturated carbocycles. The molecule has 82 valence electrons. The highest BCUT2D eigenvalue weighted by atomic mass is 16.3. The smallest absolute Gasteiger partial charge is 0.0692 e. The van der Waals surface area contributed by atoms with E-state index in [0.717, 1.165) is 13.1 Å². The van der Waals surface area contributed by atoms with Gasteiger partial charge in [0.05, 0.1) is 6.10 Å². The minimum atomic E-state index is -0.117. The molecule has 3 atom stereocenters. The van der Waals surface area contributed by atoms with E-state index in [2.05, 4.69) is 5.32 Å². The minimum Gasteiger partial charge on any atom is -0.392 e. The standard InChI is InChI=1S/C11H22N2O/c12-6-9-2-1-3-10(9)13-7-11(14)8-4-5-8/h8-11,13-14H,1-7,12H2. The fraction of sp³-hybridized carbons (Fsp3) is 1.00.